The van der Waals surface area contributed by atoms with Gasteiger partial charge in [-0.2, -0.15) is 0 Å². The minimum atomic E-state index is 0.00241. The highest BCUT2D eigenvalue weighted by molar-refractivity contribution is 5.43. The largest absolute Gasteiger partial charge is 0.493 e. The first-order valence-electron chi connectivity index (χ1n) is 7.83. The third kappa shape index (κ3) is 4.11. The molecule has 4 heteroatoms. The van der Waals surface area contributed by atoms with Gasteiger partial charge in [-0.3, -0.25) is 0 Å². The van der Waals surface area contributed by atoms with Crippen LogP contribution in [0.15, 0.2) is 18.2 Å². The molecule has 2 N–H and O–H groups in total. The van der Waals surface area contributed by atoms with Crippen LogP contribution in [0.2, 0.25) is 0 Å². The molecule has 1 aliphatic carbocycles. The van der Waals surface area contributed by atoms with Crippen LogP contribution >= 0.6 is 0 Å². The molecular weight excluding hydrogens is 266 g/mol. The average molecular weight is 293 g/mol. The van der Waals surface area contributed by atoms with E-state index in [9.17, 15) is 0 Å². The van der Waals surface area contributed by atoms with Gasteiger partial charge in [0.25, 0.3) is 0 Å². The van der Waals surface area contributed by atoms with Gasteiger partial charge in [0.1, 0.15) is 6.61 Å². The molecule has 0 radical (unpaired) electrons. The topological polar surface area (TPSA) is 50.7 Å². The summed E-state index contributed by atoms with van der Waals surface area (Å²) >= 11 is 0. The van der Waals surface area contributed by atoms with Gasteiger partial charge in [0.15, 0.2) is 11.5 Å². The molecule has 0 saturated heterocycles. The molecule has 3 atom stereocenters. The summed E-state index contributed by atoms with van der Waals surface area (Å²) in [4.78, 5) is 0. The second-order valence-electron chi connectivity index (χ2n) is 5.89. The minimum Gasteiger partial charge on any atom is -0.493 e. The fraction of sp³-hybridized carbons (Fsp3) is 0.647. The smallest absolute Gasteiger partial charge is 0.161 e. The van der Waals surface area contributed by atoms with Crippen molar-refractivity contribution in [3.05, 3.63) is 23.8 Å². The monoisotopic (exact) mass is 293 g/mol. The van der Waals surface area contributed by atoms with Crippen molar-refractivity contribution in [3.8, 4) is 11.5 Å². The Morgan fingerprint density at radius 1 is 1.33 bits per heavy atom. The third-order valence-electron chi connectivity index (χ3n) is 4.36. The molecule has 21 heavy (non-hydrogen) atoms. The Kier molecular flexibility index (Phi) is 5.88. The Bertz CT molecular complexity index is 450. The summed E-state index contributed by atoms with van der Waals surface area (Å²) in [5.74, 6) is 2.15. The van der Waals surface area contributed by atoms with E-state index < -0.39 is 0 Å². The molecule has 1 aromatic carbocycles. The number of methoxy groups -OCH3 is 1. The van der Waals surface area contributed by atoms with Crippen molar-refractivity contribution in [2.75, 3.05) is 20.3 Å². The van der Waals surface area contributed by atoms with E-state index in [0.717, 1.165) is 5.92 Å². The lowest BCUT2D eigenvalue weighted by Crippen LogP contribution is -2.33. The third-order valence-corrected chi connectivity index (χ3v) is 4.36. The molecule has 1 fully saturated rings. The zero-order valence-electron chi connectivity index (χ0n) is 13.3. The normalized spacial score (nSPS) is 23.0. The highest BCUT2D eigenvalue weighted by Crippen LogP contribution is 2.32. The summed E-state index contributed by atoms with van der Waals surface area (Å²) in [5, 5.41) is 12.6. The molecule has 2 rings (SSSR count). The quantitative estimate of drug-likeness (QED) is 0.811. The molecule has 118 valence electrons. The second-order valence-corrected chi connectivity index (χ2v) is 5.89. The van der Waals surface area contributed by atoms with Crippen LogP contribution in [0.1, 0.15) is 44.7 Å². The molecule has 0 spiro atoms. The van der Waals surface area contributed by atoms with Crippen LogP contribution in [0, 0.1) is 5.92 Å². The van der Waals surface area contributed by atoms with Crippen LogP contribution in [0.5, 0.6) is 11.5 Å². The first-order chi connectivity index (χ1) is 10.2. The molecule has 0 amide bonds. The van der Waals surface area contributed by atoms with Crippen molar-refractivity contribution in [2.45, 2.75) is 45.2 Å². The Morgan fingerprint density at radius 3 is 2.76 bits per heavy atom. The predicted octanol–water partition coefficient (Wildman–Crippen LogP) is 2.91. The van der Waals surface area contributed by atoms with Crippen LogP contribution in [0.4, 0.5) is 0 Å². The Hall–Kier alpha value is -1.26. The Balaban J connectivity index is 2.04. The average Bonchev–Trinajstić information content (AvgIpc) is 2.90. The molecule has 0 aromatic heterocycles. The SMILES string of the molecule is COc1cc(C(C)NC2CCCC2C)ccc1OCCO. The van der Waals surface area contributed by atoms with Crippen LogP contribution in [0.25, 0.3) is 0 Å². The molecule has 0 bridgehead atoms. The summed E-state index contributed by atoms with van der Waals surface area (Å²) in [6.07, 6.45) is 3.91. The summed E-state index contributed by atoms with van der Waals surface area (Å²) in [6, 6.07) is 6.89. The maximum absolute atomic E-state index is 8.84. The van der Waals surface area contributed by atoms with Crippen LogP contribution in [0.3, 0.4) is 0 Å². The van der Waals surface area contributed by atoms with E-state index in [-0.39, 0.29) is 19.3 Å². The fourth-order valence-electron chi connectivity index (χ4n) is 3.04. The standard InChI is InChI=1S/C17H27NO3/c1-12-5-4-6-15(12)18-13(2)14-7-8-16(21-10-9-19)17(11-14)20-3/h7-8,11-13,15,18-19H,4-6,9-10H2,1-3H3. The maximum Gasteiger partial charge on any atom is 0.161 e. The van der Waals surface area contributed by atoms with Gasteiger partial charge in [-0.05, 0) is 43.4 Å². The number of rotatable bonds is 7. The molecule has 0 aliphatic heterocycles. The zero-order valence-corrected chi connectivity index (χ0v) is 13.3. The fourth-order valence-corrected chi connectivity index (χ4v) is 3.04. The highest BCUT2D eigenvalue weighted by Gasteiger charge is 2.24. The predicted molar refractivity (Wildman–Crippen MR) is 83.9 cm³/mol. The van der Waals surface area contributed by atoms with Gasteiger partial charge in [-0.25, -0.2) is 0 Å². The van der Waals surface area contributed by atoms with Gasteiger partial charge in [0.2, 0.25) is 0 Å². The lowest BCUT2D eigenvalue weighted by atomic mass is 10.0. The molecule has 1 saturated carbocycles. The van der Waals surface area contributed by atoms with Crippen molar-refractivity contribution >= 4 is 0 Å². The van der Waals surface area contributed by atoms with E-state index in [1.54, 1.807) is 7.11 Å². The van der Waals surface area contributed by atoms with Crippen LogP contribution in [-0.2, 0) is 0 Å². The second kappa shape index (κ2) is 7.66. The Morgan fingerprint density at radius 2 is 2.14 bits per heavy atom. The molecule has 0 heterocycles. The lowest BCUT2D eigenvalue weighted by molar-refractivity contribution is 0.196. The van der Waals surface area contributed by atoms with E-state index in [1.165, 1.54) is 24.8 Å². The van der Waals surface area contributed by atoms with Crippen molar-refractivity contribution < 1.29 is 14.6 Å². The van der Waals surface area contributed by atoms with Crippen molar-refractivity contribution in [1.29, 1.82) is 0 Å². The summed E-state index contributed by atoms with van der Waals surface area (Å²) < 4.78 is 10.9. The summed E-state index contributed by atoms with van der Waals surface area (Å²) in [5.41, 5.74) is 1.20. The van der Waals surface area contributed by atoms with Gasteiger partial charge in [-0.1, -0.05) is 19.4 Å². The van der Waals surface area contributed by atoms with Gasteiger partial charge in [0, 0.05) is 12.1 Å². The van der Waals surface area contributed by atoms with Crippen LogP contribution < -0.4 is 14.8 Å². The maximum atomic E-state index is 8.84. The number of benzene rings is 1. The molecular formula is C17H27NO3. The summed E-state index contributed by atoms with van der Waals surface area (Å²) in [6.45, 7) is 4.80. The highest BCUT2D eigenvalue weighted by atomic mass is 16.5. The van der Waals surface area contributed by atoms with Crippen molar-refractivity contribution in [2.24, 2.45) is 5.92 Å². The number of hydrogen-bond acceptors (Lipinski definition) is 4. The lowest BCUT2D eigenvalue weighted by Gasteiger charge is -2.24. The molecule has 3 unspecified atom stereocenters. The first-order valence-corrected chi connectivity index (χ1v) is 7.83. The van der Waals surface area contributed by atoms with Gasteiger partial charge < -0.3 is 19.9 Å². The van der Waals surface area contributed by atoms with E-state index in [2.05, 4.69) is 25.2 Å². The first kappa shape index (κ1) is 16.1. The van der Waals surface area contributed by atoms with Gasteiger partial charge in [0.05, 0.1) is 13.7 Å². The molecule has 4 nitrogen and oxygen atoms in total. The summed E-state index contributed by atoms with van der Waals surface area (Å²) in [7, 11) is 1.64. The van der Waals surface area contributed by atoms with Crippen molar-refractivity contribution in [1.82, 2.24) is 5.32 Å². The van der Waals surface area contributed by atoms with Gasteiger partial charge >= 0.3 is 0 Å². The van der Waals surface area contributed by atoms with E-state index in [4.69, 9.17) is 14.6 Å². The zero-order chi connectivity index (χ0) is 15.2. The van der Waals surface area contributed by atoms with E-state index >= 15 is 0 Å². The number of hydrogen-bond donors (Lipinski definition) is 2. The van der Waals surface area contributed by atoms with Crippen molar-refractivity contribution in [3.63, 3.8) is 0 Å². The number of aliphatic hydroxyl groups is 1. The molecule has 1 aliphatic rings. The van der Waals surface area contributed by atoms with Crippen LogP contribution in [-0.4, -0.2) is 31.5 Å². The van der Waals surface area contributed by atoms with E-state index in [1.807, 2.05) is 12.1 Å². The Labute approximate surface area is 127 Å². The number of ether oxygens (including phenoxy) is 2. The number of nitrogens with one attached hydrogen (secondary N) is 1. The number of aliphatic hydroxyl groups excluding tert-OH is 1. The van der Waals surface area contributed by atoms with Gasteiger partial charge in [-0.15, -0.1) is 0 Å². The van der Waals surface area contributed by atoms with E-state index in [0.29, 0.717) is 17.5 Å². The minimum absolute atomic E-state index is 0.00241. The molecule has 1 aromatic rings.